The first-order valence-electron chi connectivity index (χ1n) is 5.42. The molecule has 0 saturated carbocycles. The molecule has 4 heteroatoms. The normalized spacial score (nSPS) is 10.4. The van der Waals surface area contributed by atoms with E-state index in [-0.39, 0.29) is 0 Å². The van der Waals surface area contributed by atoms with Crippen molar-refractivity contribution in [1.82, 2.24) is 0 Å². The fourth-order valence-electron chi connectivity index (χ4n) is 1.58. The van der Waals surface area contributed by atoms with Crippen LogP contribution in [-0.4, -0.2) is 0 Å². The molecule has 0 spiro atoms. The molecular weight excluding hydrogens is 291 g/mol. The summed E-state index contributed by atoms with van der Waals surface area (Å²) >= 11 is 18.0. The SMILES string of the molecule is ClCc1ccccc1OCc1c(Cl)cccc1Cl. The van der Waals surface area contributed by atoms with Crippen molar-refractivity contribution in [3.05, 3.63) is 63.6 Å². The summed E-state index contributed by atoms with van der Waals surface area (Å²) in [7, 11) is 0. The average Bonchev–Trinajstić information content (AvgIpc) is 2.38. The smallest absolute Gasteiger partial charge is 0.124 e. The molecule has 0 radical (unpaired) electrons. The third kappa shape index (κ3) is 3.11. The van der Waals surface area contributed by atoms with Gasteiger partial charge in [0.2, 0.25) is 0 Å². The van der Waals surface area contributed by atoms with Crippen LogP contribution in [0.1, 0.15) is 11.1 Å². The number of para-hydroxylation sites is 1. The maximum Gasteiger partial charge on any atom is 0.124 e. The summed E-state index contributed by atoms with van der Waals surface area (Å²) in [6.07, 6.45) is 0. The Balaban J connectivity index is 2.16. The van der Waals surface area contributed by atoms with E-state index in [2.05, 4.69) is 0 Å². The molecule has 0 atom stereocenters. The minimum atomic E-state index is 0.326. The van der Waals surface area contributed by atoms with Crippen molar-refractivity contribution < 1.29 is 4.74 Å². The molecule has 2 rings (SSSR count). The summed E-state index contributed by atoms with van der Waals surface area (Å²) in [5.41, 5.74) is 1.73. The summed E-state index contributed by atoms with van der Waals surface area (Å²) in [5.74, 6) is 1.16. The van der Waals surface area contributed by atoms with Gasteiger partial charge in [-0.05, 0) is 18.2 Å². The second-order valence-corrected chi connectivity index (χ2v) is 4.81. The van der Waals surface area contributed by atoms with Crippen LogP contribution in [0.5, 0.6) is 5.75 Å². The van der Waals surface area contributed by atoms with Crippen molar-refractivity contribution in [1.29, 1.82) is 0 Å². The lowest BCUT2D eigenvalue weighted by Crippen LogP contribution is -1.99. The lowest BCUT2D eigenvalue weighted by Gasteiger charge is -2.11. The highest BCUT2D eigenvalue weighted by Gasteiger charge is 2.07. The molecule has 0 aliphatic carbocycles. The second-order valence-electron chi connectivity index (χ2n) is 3.73. The molecule has 0 aliphatic rings. The Morgan fingerprint density at radius 1 is 0.889 bits per heavy atom. The van der Waals surface area contributed by atoms with Gasteiger partial charge in [0.05, 0.1) is 5.88 Å². The second kappa shape index (κ2) is 6.33. The Labute approximate surface area is 121 Å². The van der Waals surface area contributed by atoms with Crippen LogP contribution >= 0.6 is 34.8 Å². The van der Waals surface area contributed by atoms with Gasteiger partial charge in [0.15, 0.2) is 0 Å². The van der Waals surface area contributed by atoms with E-state index >= 15 is 0 Å². The van der Waals surface area contributed by atoms with Crippen LogP contribution in [0.3, 0.4) is 0 Å². The van der Waals surface area contributed by atoms with Gasteiger partial charge in [-0.15, -0.1) is 11.6 Å². The van der Waals surface area contributed by atoms with Gasteiger partial charge in [-0.25, -0.2) is 0 Å². The van der Waals surface area contributed by atoms with Gasteiger partial charge in [0.25, 0.3) is 0 Å². The van der Waals surface area contributed by atoms with E-state index in [9.17, 15) is 0 Å². The first-order valence-corrected chi connectivity index (χ1v) is 6.71. The number of halogens is 3. The fourth-order valence-corrected chi connectivity index (χ4v) is 2.30. The largest absolute Gasteiger partial charge is 0.488 e. The Morgan fingerprint density at radius 2 is 1.56 bits per heavy atom. The Hall–Kier alpha value is -0.890. The highest BCUT2D eigenvalue weighted by molar-refractivity contribution is 6.35. The standard InChI is InChI=1S/C14H11Cl3O/c15-8-10-4-1-2-7-14(10)18-9-11-12(16)5-3-6-13(11)17/h1-7H,8-9H2. The number of ether oxygens (including phenoxy) is 1. The molecule has 0 saturated heterocycles. The minimum absolute atomic E-state index is 0.326. The van der Waals surface area contributed by atoms with Gasteiger partial charge in [-0.2, -0.15) is 0 Å². The zero-order chi connectivity index (χ0) is 13.0. The first-order chi connectivity index (χ1) is 8.72. The maximum absolute atomic E-state index is 6.08. The molecule has 0 N–H and O–H groups in total. The molecule has 94 valence electrons. The summed E-state index contributed by atoms with van der Waals surface area (Å²) < 4.78 is 5.72. The molecule has 0 bridgehead atoms. The van der Waals surface area contributed by atoms with Crippen molar-refractivity contribution in [3.8, 4) is 5.75 Å². The average molecular weight is 302 g/mol. The first kappa shape index (κ1) is 13.5. The molecule has 18 heavy (non-hydrogen) atoms. The lowest BCUT2D eigenvalue weighted by atomic mass is 10.2. The maximum atomic E-state index is 6.08. The quantitative estimate of drug-likeness (QED) is 0.695. The zero-order valence-corrected chi connectivity index (χ0v) is 11.8. The van der Waals surface area contributed by atoms with Crippen molar-refractivity contribution in [3.63, 3.8) is 0 Å². The van der Waals surface area contributed by atoms with E-state index in [0.717, 1.165) is 16.9 Å². The van der Waals surface area contributed by atoms with E-state index in [1.54, 1.807) is 18.2 Å². The molecule has 0 fully saturated rings. The van der Waals surface area contributed by atoms with Crippen molar-refractivity contribution >= 4 is 34.8 Å². The molecule has 0 heterocycles. The highest BCUT2D eigenvalue weighted by Crippen LogP contribution is 2.27. The highest BCUT2D eigenvalue weighted by atomic mass is 35.5. The molecule has 0 unspecified atom stereocenters. The minimum Gasteiger partial charge on any atom is -0.488 e. The van der Waals surface area contributed by atoms with Gasteiger partial charge in [-0.3, -0.25) is 0 Å². The van der Waals surface area contributed by atoms with Crippen molar-refractivity contribution in [2.75, 3.05) is 0 Å². The number of hydrogen-bond acceptors (Lipinski definition) is 1. The monoisotopic (exact) mass is 300 g/mol. The number of hydrogen-bond donors (Lipinski definition) is 0. The Bertz CT molecular complexity index is 520. The summed E-state index contributed by atoms with van der Waals surface area (Å²) in [6.45, 7) is 0.326. The summed E-state index contributed by atoms with van der Waals surface area (Å²) in [5, 5.41) is 1.21. The number of benzene rings is 2. The van der Waals surface area contributed by atoms with Gasteiger partial charge in [0, 0.05) is 21.2 Å². The third-order valence-corrected chi connectivity index (χ3v) is 3.55. The molecule has 2 aromatic carbocycles. The van der Waals surface area contributed by atoms with Crippen molar-refractivity contribution in [2.45, 2.75) is 12.5 Å². The topological polar surface area (TPSA) is 9.23 Å². The zero-order valence-electron chi connectivity index (χ0n) is 9.50. The van der Waals surface area contributed by atoms with Gasteiger partial charge in [0.1, 0.15) is 12.4 Å². The third-order valence-electron chi connectivity index (χ3n) is 2.55. The van der Waals surface area contributed by atoms with E-state index in [1.807, 2.05) is 24.3 Å². The van der Waals surface area contributed by atoms with Crippen molar-refractivity contribution in [2.24, 2.45) is 0 Å². The fraction of sp³-hybridized carbons (Fsp3) is 0.143. The molecule has 0 amide bonds. The Kier molecular flexibility index (Phi) is 4.76. The van der Waals surface area contributed by atoms with E-state index < -0.39 is 0 Å². The molecule has 0 aromatic heterocycles. The Morgan fingerprint density at radius 3 is 2.22 bits per heavy atom. The summed E-state index contributed by atoms with van der Waals surface area (Å²) in [4.78, 5) is 0. The van der Waals surface area contributed by atoms with Crippen LogP contribution in [0, 0.1) is 0 Å². The van der Waals surface area contributed by atoms with Crippen LogP contribution < -0.4 is 4.74 Å². The predicted molar refractivity (Wildman–Crippen MR) is 76.8 cm³/mol. The van der Waals surface area contributed by atoms with Crippen LogP contribution in [0.25, 0.3) is 0 Å². The molecule has 1 nitrogen and oxygen atoms in total. The molecular formula is C14H11Cl3O. The van der Waals surface area contributed by atoms with E-state index in [4.69, 9.17) is 39.5 Å². The van der Waals surface area contributed by atoms with Gasteiger partial charge in [-0.1, -0.05) is 47.5 Å². The summed E-state index contributed by atoms with van der Waals surface area (Å²) in [6, 6.07) is 13.0. The number of rotatable bonds is 4. The lowest BCUT2D eigenvalue weighted by molar-refractivity contribution is 0.304. The van der Waals surface area contributed by atoms with Crippen LogP contribution in [0.4, 0.5) is 0 Å². The molecule has 0 aliphatic heterocycles. The molecule has 2 aromatic rings. The van der Waals surface area contributed by atoms with Gasteiger partial charge >= 0.3 is 0 Å². The van der Waals surface area contributed by atoms with Crippen LogP contribution in [-0.2, 0) is 12.5 Å². The van der Waals surface area contributed by atoms with Crippen LogP contribution in [0.15, 0.2) is 42.5 Å². The van der Waals surface area contributed by atoms with E-state index in [0.29, 0.717) is 22.5 Å². The number of alkyl halides is 1. The van der Waals surface area contributed by atoms with Gasteiger partial charge < -0.3 is 4.74 Å². The van der Waals surface area contributed by atoms with E-state index in [1.165, 1.54) is 0 Å². The van der Waals surface area contributed by atoms with Crippen LogP contribution in [0.2, 0.25) is 10.0 Å². The predicted octanol–water partition coefficient (Wildman–Crippen LogP) is 5.31.